The summed E-state index contributed by atoms with van der Waals surface area (Å²) in [5.74, 6) is -0.0964. The summed E-state index contributed by atoms with van der Waals surface area (Å²) in [6.07, 6.45) is -2.03. The molecule has 1 aliphatic carbocycles. The summed E-state index contributed by atoms with van der Waals surface area (Å²) >= 11 is 0. The van der Waals surface area contributed by atoms with E-state index in [4.69, 9.17) is 9.84 Å². The predicted molar refractivity (Wildman–Crippen MR) is 107 cm³/mol. The highest BCUT2D eigenvalue weighted by atomic mass is 19.4. The number of aromatic nitrogens is 2. The van der Waals surface area contributed by atoms with Crippen LogP contribution >= 0.6 is 0 Å². The Morgan fingerprint density at radius 2 is 2.09 bits per heavy atom. The number of alkyl halides is 3. The Labute approximate surface area is 181 Å². The molecule has 2 amide bonds. The molecule has 3 rings (SSSR count). The second kappa shape index (κ2) is 9.90. The summed E-state index contributed by atoms with van der Waals surface area (Å²) in [6.45, 7) is 0.554. The molecular weight excluding hydrogens is 433 g/mol. The first-order valence-corrected chi connectivity index (χ1v) is 9.93. The molecule has 1 aromatic heterocycles. The molecule has 174 valence electrons. The Kier molecular flexibility index (Phi) is 7.23. The van der Waals surface area contributed by atoms with Gasteiger partial charge >= 0.3 is 18.4 Å². The van der Waals surface area contributed by atoms with Crippen LogP contribution in [0.5, 0.6) is 17.5 Å². The Morgan fingerprint density at radius 3 is 2.72 bits per heavy atom. The van der Waals surface area contributed by atoms with Gasteiger partial charge in [0, 0.05) is 32.8 Å². The lowest BCUT2D eigenvalue weighted by atomic mass is 10.3. The highest BCUT2D eigenvalue weighted by molar-refractivity contribution is 5.95. The van der Waals surface area contributed by atoms with Crippen molar-refractivity contribution >= 4 is 18.1 Å². The van der Waals surface area contributed by atoms with Crippen molar-refractivity contribution in [2.45, 2.75) is 32.2 Å². The third-order valence-corrected chi connectivity index (χ3v) is 4.68. The van der Waals surface area contributed by atoms with Gasteiger partial charge in [-0.1, -0.05) is 6.07 Å². The van der Waals surface area contributed by atoms with Gasteiger partial charge in [0.05, 0.1) is 0 Å². The minimum Gasteiger partial charge on any atom is -0.425 e. The SMILES string of the molecule is CN(C(=O)NCCCO)c1nc(Oc2cccc(OC(F)(F)F)c2)n(CC2CC2)c1C=O. The van der Waals surface area contributed by atoms with Gasteiger partial charge in [0.1, 0.15) is 17.2 Å². The number of hydrogen-bond acceptors (Lipinski definition) is 6. The van der Waals surface area contributed by atoms with Gasteiger partial charge in [-0.2, -0.15) is 4.98 Å². The standard InChI is InChI=1S/C20H23F3N4O5/c1-26(18(30)24-8-3-9-28)17-16(12-29)27(11-13-6-7-13)19(25-17)31-14-4-2-5-15(10-14)32-20(21,22)23/h2,4-5,10,12-13,28H,3,6-9,11H2,1H3,(H,24,30). The number of amides is 2. The first kappa shape index (κ1) is 23.4. The average molecular weight is 456 g/mol. The number of carbonyl (C=O) groups is 2. The van der Waals surface area contributed by atoms with Crippen molar-refractivity contribution in [3.05, 3.63) is 30.0 Å². The molecule has 1 aliphatic rings. The first-order valence-electron chi connectivity index (χ1n) is 9.93. The summed E-state index contributed by atoms with van der Waals surface area (Å²) in [5, 5.41) is 11.4. The number of aliphatic hydroxyl groups is 1. The molecule has 0 aliphatic heterocycles. The number of aliphatic hydroxyl groups excluding tert-OH is 1. The molecule has 12 heteroatoms. The van der Waals surface area contributed by atoms with Crippen LogP contribution in [0.4, 0.5) is 23.8 Å². The second-order valence-electron chi connectivity index (χ2n) is 7.27. The van der Waals surface area contributed by atoms with Gasteiger partial charge in [0.25, 0.3) is 0 Å². The lowest BCUT2D eigenvalue weighted by molar-refractivity contribution is -0.274. The maximum absolute atomic E-state index is 12.5. The van der Waals surface area contributed by atoms with E-state index in [1.807, 2.05) is 0 Å². The fourth-order valence-corrected chi connectivity index (χ4v) is 2.94. The summed E-state index contributed by atoms with van der Waals surface area (Å²) < 4.78 is 48.7. The molecule has 2 N–H and O–H groups in total. The van der Waals surface area contributed by atoms with Crippen LogP contribution in [0.15, 0.2) is 24.3 Å². The number of halogens is 3. The molecule has 0 bridgehead atoms. The minimum atomic E-state index is -4.85. The highest BCUT2D eigenvalue weighted by Crippen LogP contribution is 2.36. The number of hydrogen-bond donors (Lipinski definition) is 2. The van der Waals surface area contributed by atoms with E-state index in [1.54, 1.807) is 0 Å². The number of nitrogens with zero attached hydrogens (tertiary/aromatic N) is 3. The smallest absolute Gasteiger partial charge is 0.425 e. The lowest BCUT2D eigenvalue weighted by Crippen LogP contribution is -2.38. The van der Waals surface area contributed by atoms with Crippen molar-refractivity contribution in [2.24, 2.45) is 5.92 Å². The molecule has 0 saturated heterocycles. The zero-order valence-electron chi connectivity index (χ0n) is 17.3. The minimum absolute atomic E-state index is 0.0212. The maximum atomic E-state index is 12.5. The van der Waals surface area contributed by atoms with Gasteiger partial charge in [-0.25, -0.2) is 4.79 Å². The summed E-state index contributed by atoms with van der Waals surface area (Å²) in [4.78, 5) is 29.7. The van der Waals surface area contributed by atoms with E-state index in [0.717, 1.165) is 29.9 Å². The highest BCUT2D eigenvalue weighted by Gasteiger charge is 2.32. The van der Waals surface area contributed by atoms with Crippen LogP contribution in [0.2, 0.25) is 0 Å². The van der Waals surface area contributed by atoms with Crippen LogP contribution in [0.25, 0.3) is 0 Å². The molecule has 32 heavy (non-hydrogen) atoms. The van der Waals surface area contributed by atoms with E-state index in [9.17, 15) is 22.8 Å². The normalized spacial score (nSPS) is 13.5. The van der Waals surface area contributed by atoms with Crippen LogP contribution < -0.4 is 19.7 Å². The number of aldehydes is 1. The van der Waals surface area contributed by atoms with E-state index in [-0.39, 0.29) is 36.4 Å². The van der Waals surface area contributed by atoms with Crippen LogP contribution in [-0.4, -0.2) is 53.5 Å². The van der Waals surface area contributed by atoms with Crippen LogP contribution in [0, 0.1) is 5.92 Å². The van der Waals surface area contributed by atoms with Crippen LogP contribution in [0.1, 0.15) is 29.8 Å². The van der Waals surface area contributed by atoms with E-state index in [0.29, 0.717) is 25.2 Å². The molecular formula is C20H23F3N4O5. The second-order valence-corrected chi connectivity index (χ2v) is 7.27. The fourth-order valence-electron chi connectivity index (χ4n) is 2.94. The largest absolute Gasteiger partial charge is 0.573 e. The number of benzene rings is 1. The van der Waals surface area contributed by atoms with Crippen molar-refractivity contribution in [3.8, 4) is 17.5 Å². The number of nitrogens with one attached hydrogen (secondary N) is 1. The molecule has 0 radical (unpaired) electrons. The van der Waals surface area contributed by atoms with Crippen molar-refractivity contribution in [3.63, 3.8) is 0 Å². The van der Waals surface area contributed by atoms with Crippen molar-refractivity contribution in [1.29, 1.82) is 0 Å². The number of imidazole rings is 1. The first-order chi connectivity index (χ1) is 15.2. The topological polar surface area (TPSA) is 106 Å². The Balaban J connectivity index is 1.89. The van der Waals surface area contributed by atoms with Gasteiger partial charge in [0.2, 0.25) is 0 Å². The molecule has 1 aromatic carbocycles. The summed E-state index contributed by atoms with van der Waals surface area (Å²) in [7, 11) is 1.42. The van der Waals surface area contributed by atoms with Gasteiger partial charge in [-0.05, 0) is 37.3 Å². The fraction of sp³-hybridized carbons (Fsp3) is 0.450. The summed E-state index contributed by atoms with van der Waals surface area (Å²) in [5.41, 5.74) is 0.106. The predicted octanol–water partition coefficient (Wildman–Crippen LogP) is 3.32. The molecule has 0 spiro atoms. The Morgan fingerprint density at radius 1 is 1.38 bits per heavy atom. The van der Waals surface area contributed by atoms with E-state index < -0.39 is 18.1 Å². The van der Waals surface area contributed by atoms with E-state index >= 15 is 0 Å². The number of anilines is 1. The van der Waals surface area contributed by atoms with E-state index in [1.165, 1.54) is 23.7 Å². The quantitative estimate of drug-likeness (QED) is 0.420. The van der Waals surface area contributed by atoms with Gasteiger partial charge in [-0.3, -0.25) is 14.3 Å². The van der Waals surface area contributed by atoms with Crippen molar-refractivity contribution in [1.82, 2.24) is 14.9 Å². The molecule has 0 atom stereocenters. The van der Waals surface area contributed by atoms with Crippen molar-refractivity contribution in [2.75, 3.05) is 25.1 Å². The Hall–Kier alpha value is -3.28. The summed E-state index contributed by atoms with van der Waals surface area (Å²) in [6, 6.07) is 4.36. The third kappa shape index (κ3) is 6.13. The molecule has 1 heterocycles. The zero-order chi connectivity index (χ0) is 23.3. The molecule has 9 nitrogen and oxygen atoms in total. The molecule has 0 unspecified atom stereocenters. The van der Waals surface area contributed by atoms with Crippen LogP contribution in [-0.2, 0) is 6.54 Å². The van der Waals surface area contributed by atoms with Crippen LogP contribution in [0.3, 0.4) is 0 Å². The molecule has 1 saturated carbocycles. The Bertz CT molecular complexity index is 959. The van der Waals surface area contributed by atoms with E-state index in [2.05, 4.69) is 15.0 Å². The molecule has 2 aromatic rings. The monoisotopic (exact) mass is 456 g/mol. The third-order valence-electron chi connectivity index (χ3n) is 4.68. The molecule has 1 fully saturated rings. The number of ether oxygens (including phenoxy) is 2. The number of urea groups is 1. The number of rotatable bonds is 10. The van der Waals surface area contributed by atoms with Crippen molar-refractivity contribution < 1.29 is 37.3 Å². The lowest BCUT2D eigenvalue weighted by Gasteiger charge is -2.16. The number of carbonyl (C=O) groups excluding carboxylic acids is 2. The van der Waals surface area contributed by atoms with Gasteiger partial charge < -0.3 is 19.9 Å². The zero-order valence-corrected chi connectivity index (χ0v) is 17.3. The maximum Gasteiger partial charge on any atom is 0.573 e. The van der Waals surface area contributed by atoms with Gasteiger partial charge in [0.15, 0.2) is 12.1 Å². The average Bonchev–Trinajstić information content (AvgIpc) is 3.48. The van der Waals surface area contributed by atoms with Gasteiger partial charge in [-0.15, -0.1) is 13.2 Å².